The van der Waals surface area contributed by atoms with Crippen LogP contribution in [0.15, 0.2) is 30.3 Å². The van der Waals surface area contributed by atoms with Crippen LogP contribution in [0.1, 0.15) is 20.8 Å². The van der Waals surface area contributed by atoms with Crippen molar-refractivity contribution in [2.24, 2.45) is 0 Å². The Morgan fingerprint density at radius 3 is 2.97 bits per heavy atom. The minimum absolute atomic E-state index is 0.168. The highest BCUT2D eigenvalue weighted by Gasteiger charge is 2.21. The van der Waals surface area contributed by atoms with Gasteiger partial charge in [0.15, 0.2) is 11.5 Å². The fourth-order valence-corrected chi connectivity index (χ4v) is 4.77. The first-order chi connectivity index (χ1) is 14.1. The van der Waals surface area contributed by atoms with Gasteiger partial charge in [0.1, 0.15) is 19.0 Å². The maximum atomic E-state index is 14.3. The van der Waals surface area contributed by atoms with Gasteiger partial charge in [-0.1, -0.05) is 17.7 Å². The lowest BCUT2D eigenvalue weighted by atomic mass is 10.1. The number of fused-ring (bicyclic) bond motifs is 2. The summed E-state index contributed by atoms with van der Waals surface area (Å²) in [7, 11) is 1.53. The second-order valence-electron chi connectivity index (χ2n) is 6.56. The molecule has 0 saturated heterocycles. The number of carbonyl (C=O) groups excluding carboxylic acids is 1. The molecule has 1 amide bonds. The van der Waals surface area contributed by atoms with Crippen LogP contribution < -0.4 is 14.8 Å². The molecule has 29 heavy (non-hydrogen) atoms. The van der Waals surface area contributed by atoms with E-state index in [4.69, 9.17) is 25.8 Å². The maximum Gasteiger partial charge on any atom is 0.261 e. The van der Waals surface area contributed by atoms with Crippen LogP contribution in [0.5, 0.6) is 11.5 Å². The van der Waals surface area contributed by atoms with Crippen molar-refractivity contribution in [2.45, 2.75) is 13.0 Å². The van der Waals surface area contributed by atoms with Crippen molar-refractivity contribution >= 4 is 38.9 Å². The topological polar surface area (TPSA) is 56.8 Å². The van der Waals surface area contributed by atoms with Crippen molar-refractivity contribution in [1.82, 2.24) is 5.32 Å². The van der Waals surface area contributed by atoms with Gasteiger partial charge in [-0.3, -0.25) is 4.79 Å². The Kier molecular flexibility index (Phi) is 5.89. The maximum absolute atomic E-state index is 14.3. The van der Waals surface area contributed by atoms with Gasteiger partial charge in [-0.15, -0.1) is 11.3 Å². The quantitative estimate of drug-likeness (QED) is 0.615. The number of carbonyl (C=O) groups is 1. The number of benzene rings is 2. The Morgan fingerprint density at radius 1 is 1.31 bits per heavy atom. The summed E-state index contributed by atoms with van der Waals surface area (Å²) in [4.78, 5) is 13.2. The van der Waals surface area contributed by atoms with Gasteiger partial charge in [0, 0.05) is 29.3 Å². The molecule has 1 aliphatic heterocycles. The van der Waals surface area contributed by atoms with E-state index >= 15 is 0 Å². The van der Waals surface area contributed by atoms with Crippen molar-refractivity contribution in [3.8, 4) is 11.5 Å². The summed E-state index contributed by atoms with van der Waals surface area (Å²) in [6.45, 7) is 1.52. The standard InChI is InChI=1S/C21H19ClFNO4S/c1-26-11-13-18-15(23)3-2-4-17(18)29-20(13)21(25)24-6-5-12-9-14(22)19-16(10-12)27-7-8-28-19/h2-4,9-10H,5-8,11H2,1H3,(H,24,25). The Hall–Kier alpha value is -2.35. The lowest BCUT2D eigenvalue weighted by Gasteiger charge is -2.20. The van der Waals surface area contributed by atoms with Crippen molar-refractivity contribution < 1.29 is 23.4 Å². The molecule has 4 rings (SSSR count). The average Bonchev–Trinajstić information content (AvgIpc) is 3.08. The van der Waals surface area contributed by atoms with Crippen molar-refractivity contribution in [1.29, 1.82) is 0 Å². The molecular formula is C21H19ClFNO4S. The minimum Gasteiger partial charge on any atom is -0.486 e. The highest BCUT2D eigenvalue weighted by atomic mass is 35.5. The monoisotopic (exact) mass is 435 g/mol. The molecule has 0 atom stereocenters. The molecule has 8 heteroatoms. The van der Waals surface area contributed by atoms with E-state index in [1.54, 1.807) is 12.1 Å². The third-order valence-corrected chi connectivity index (χ3v) is 6.09. The van der Waals surface area contributed by atoms with Crippen LogP contribution in [0.25, 0.3) is 10.1 Å². The van der Waals surface area contributed by atoms with Crippen molar-refractivity contribution in [3.05, 3.63) is 57.2 Å². The van der Waals surface area contributed by atoms with Gasteiger partial charge in [-0.05, 0) is 36.2 Å². The zero-order valence-corrected chi connectivity index (χ0v) is 17.3. The zero-order valence-electron chi connectivity index (χ0n) is 15.7. The molecule has 152 valence electrons. The lowest BCUT2D eigenvalue weighted by Crippen LogP contribution is -2.26. The number of halogens is 2. The fourth-order valence-electron chi connectivity index (χ4n) is 3.34. The molecule has 1 aliphatic rings. The SMILES string of the molecule is COCc1c(C(=O)NCCc2cc(Cl)c3c(c2)OCCO3)sc2cccc(F)c12. The Labute approximate surface area is 176 Å². The summed E-state index contributed by atoms with van der Waals surface area (Å²) >= 11 is 7.52. The number of hydrogen-bond donors (Lipinski definition) is 1. The normalized spacial score (nSPS) is 12.9. The van der Waals surface area contributed by atoms with Crippen LogP contribution in [0.3, 0.4) is 0 Å². The first-order valence-electron chi connectivity index (χ1n) is 9.13. The van der Waals surface area contributed by atoms with E-state index in [1.165, 1.54) is 24.5 Å². The molecule has 2 aromatic carbocycles. The van der Waals surface area contributed by atoms with Crippen LogP contribution >= 0.6 is 22.9 Å². The molecule has 0 aliphatic carbocycles. The number of rotatable bonds is 6. The van der Waals surface area contributed by atoms with E-state index in [9.17, 15) is 9.18 Å². The van der Waals surface area contributed by atoms with Crippen LogP contribution in [0.2, 0.25) is 5.02 Å². The van der Waals surface area contributed by atoms with Crippen LogP contribution in [0, 0.1) is 5.82 Å². The van der Waals surface area contributed by atoms with Gasteiger partial charge in [0.05, 0.1) is 16.5 Å². The first-order valence-corrected chi connectivity index (χ1v) is 10.3. The molecule has 0 fully saturated rings. The fraction of sp³-hybridized carbons (Fsp3) is 0.286. The molecule has 3 aromatic rings. The highest BCUT2D eigenvalue weighted by molar-refractivity contribution is 7.21. The van der Waals surface area contributed by atoms with Crippen LogP contribution in [-0.2, 0) is 17.8 Å². The number of amides is 1. The van der Waals surface area contributed by atoms with Gasteiger partial charge in [0.25, 0.3) is 5.91 Å². The number of thiophene rings is 1. The van der Waals surface area contributed by atoms with Gasteiger partial charge in [-0.2, -0.15) is 0 Å². The predicted octanol–water partition coefficient (Wildman–Crippen LogP) is 4.58. The summed E-state index contributed by atoms with van der Waals surface area (Å²) in [5.74, 6) is 0.576. The molecule has 5 nitrogen and oxygen atoms in total. The van der Waals surface area contributed by atoms with Crippen LogP contribution in [0.4, 0.5) is 4.39 Å². The van der Waals surface area contributed by atoms with Crippen molar-refractivity contribution in [3.63, 3.8) is 0 Å². The number of nitrogens with one attached hydrogen (secondary N) is 1. The van der Waals surface area contributed by atoms with E-state index < -0.39 is 0 Å². The first kappa shape index (κ1) is 19.9. The summed E-state index contributed by atoms with van der Waals surface area (Å²) in [6, 6.07) is 8.51. The van der Waals surface area contributed by atoms with Gasteiger partial charge < -0.3 is 19.5 Å². The van der Waals surface area contributed by atoms with E-state index in [0.717, 1.165) is 10.3 Å². The molecule has 0 saturated carbocycles. The van der Waals surface area contributed by atoms with E-state index in [2.05, 4.69) is 5.32 Å². The third-order valence-electron chi connectivity index (χ3n) is 4.61. The minimum atomic E-state index is -0.351. The second-order valence-corrected chi connectivity index (χ2v) is 8.02. The Morgan fingerprint density at radius 2 is 2.14 bits per heavy atom. The Balaban J connectivity index is 1.49. The summed E-state index contributed by atoms with van der Waals surface area (Å²) in [5, 5.41) is 3.84. The number of methoxy groups -OCH3 is 1. The molecule has 0 unspecified atom stereocenters. The van der Waals surface area contributed by atoms with Gasteiger partial charge >= 0.3 is 0 Å². The molecule has 2 heterocycles. The van der Waals surface area contributed by atoms with E-state index in [-0.39, 0.29) is 18.3 Å². The molecule has 0 bridgehead atoms. The molecule has 1 N–H and O–H groups in total. The summed E-state index contributed by atoms with van der Waals surface area (Å²) in [5.41, 5.74) is 1.50. The average molecular weight is 436 g/mol. The molecule has 0 radical (unpaired) electrons. The largest absolute Gasteiger partial charge is 0.486 e. The van der Waals surface area contributed by atoms with Gasteiger partial charge in [-0.25, -0.2) is 4.39 Å². The van der Waals surface area contributed by atoms with E-state index in [0.29, 0.717) is 58.5 Å². The van der Waals surface area contributed by atoms with Crippen molar-refractivity contribution in [2.75, 3.05) is 26.9 Å². The molecule has 1 aromatic heterocycles. The zero-order chi connectivity index (χ0) is 20.4. The van der Waals surface area contributed by atoms with E-state index in [1.807, 2.05) is 12.1 Å². The van der Waals surface area contributed by atoms with Crippen LogP contribution in [-0.4, -0.2) is 32.8 Å². The second kappa shape index (κ2) is 8.57. The smallest absolute Gasteiger partial charge is 0.261 e. The third kappa shape index (κ3) is 4.03. The summed E-state index contributed by atoms with van der Waals surface area (Å²) < 4.78 is 31.3. The predicted molar refractivity (Wildman–Crippen MR) is 111 cm³/mol. The highest BCUT2D eigenvalue weighted by Crippen LogP contribution is 2.38. The lowest BCUT2D eigenvalue weighted by molar-refractivity contribution is 0.0954. The molecular weight excluding hydrogens is 417 g/mol. The Bertz CT molecular complexity index is 1070. The number of hydrogen-bond acceptors (Lipinski definition) is 5. The summed E-state index contributed by atoms with van der Waals surface area (Å²) in [6.07, 6.45) is 0.570. The molecule has 0 spiro atoms. The van der Waals surface area contributed by atoms with Gasteiger partial charge in [0.2, 0.25) is 0 Å². The number of ether oxygens (including phenoxy) is 3.